The Morgan fingerprint density at radius 1 is 0.714 bits per heavy atom. The molecule has 4 nitrogen and oxygen atoms in total. The van der Waals surface area contributed by atoms with E-state index in [4.69, 9.17) is 9.68 Å². The van der Waals surface area contributed by atoms with E-state index in [0.29, 0.717) is 0 Å². The van der Waals surface area contributed by atoms with E-state index in [9.17, 15) is 0 Å². The van der Waals surface area contributed by atoms with E-state index in [1.807, 2.05) is 10.1 Å². The Balaban J connectivity index is 2.17. The summed E-state index contributed by atoms with van der Waals surface area (Å²) in [4.78, 5) is 11.2. The number of hydrogen-bond donors (Lipinski definition) is 0. The third kappa shape index (κ3) is 4.37. The molecular weight excluding hydrogens is 180 g/mol. The highest BCUT2D eigenvalue weighted by molar-refractivity contribution is 4.61. The van der Waals surface area contributed by atoms with Gasteiger partial charge in [-0.05, 0) is 27.7 Å². The van der Waals surface area contributed by atoms with Crippen molar-refractivity contribution in [2.45, 2.75) is 39.9 Å². The Hall–Kier alpha value is -0.160. The summed E-state index contributed by atoms with van der Waals surface area (Å²) in [6.07, 6.45) is 0.542. The lowest BCUT2D eigenvalue weighted by Crippen LogP contribution is -2.47. The van der Waals surface area contributed by atoms with Crippen LogP contribution in [0.5, 0.6) is 0 Å². The molecule has 0 atom stereocenters. The van der Waals surface area contributed by atoms with Crippen molar-refractivity contribution in [2.75, 3.05) is 26.2 Å². The number of rotatable bonds is 4. The molecule has 0 amide bonds. The van der Waals surface area contributed by atoms with Gasteiger partial charge in [0.25, 0.3) is 0 Å². The average Bonchev–Trinajstić information content (AvgIpc) is 2.06. The number of piperazine rings is 1. The first-order chi connectivity index (χ1) is 6.58. The maximum Gasteiger partial charge on any atom is 0.0737 e. The molecule has 0 unspecified atom stereocenters. The van der Waals surface area contributed by atoms with Crippen LogP contribution >= 0.6 is 0 Å². The predicted octanol–water partition coefficient (Wildman–Crippen LogP) is 1.28. The molecule has 0 radical (unpaired) electrons. The predicted molar refractivity (Wildman–Crippen MR) is 55.6 cm³/mol. The molecule has 1 rings (SSSR count). The lowest BCUT2D eigenvalue weighted by molar-refractivity contribution is -0.259. The van der Waals surface area contributed by atoms with Gasteiger partial charge < -0.3 is 0 Å². The Morgan fingerprint density at radius 2 is 1.00 bits per heavy atom. The average molecular weight is 202 g/mol. The van der Waals surface area contributed by atoms with Gasteiger partial charge in [0.15, 0.2) is 0 Å². The van der Waals surface area contributed by atoms with Crippen LogP contribution in [-0.4, -0.2) is 48.5 Å². The molecule has 1 aliphatic heterocycles. The monoisotopic (exact) mass is 202 g/mol. The number of nitrogens with zero attached hydrogens (tertiary/aromatic N) is 2. The fraction of sp³-hybridized carbons (Fsp3) is 1.00. The molecule has 0 aromatic carbocycles. The second-order valence-electron chi connectivity index (χ2n) is 4.17. The molecule has 84 valence electrons. The normalized spacial score (nSPS) is 21.0. The zero-order valence-corrected chi connectivity index (χ0v) is 9.69. The van der Waals surface area contributed by atoms with Crippen molar-refractivity contribution in [2.24, 2.45) is 0 Å². The Bertz CT molecular complexity index is 136. The molecule has 0 saturated carbocycles. The minimum absolute atomic E-state index is 0.271. The molecule has 0 aliphatic carbocycles. The van der Waals surface area contributed by atoms with Crippen LogP contribution in [0.3, 0.4) is 0 Å². The molecule has 1 fully saturated rings. The maximum absolute atomic E-state index is 5.60. The highest BCUT2D eigenvalue weighted by Gasteiger charge is 2.19. The van der Waals surface area contributed by atoms with Crippen LogP contribution in [0.25, 0.3) is 0 Å². The van der Waals surface area contributed by atoms with Crippen LogP contribution in [-0.2, 0) is 9.68 Å². The van der Waals surface area contributed by atoms with Gasteiger partial charge in [-0.3, -0.25) is 9.68 Å². The fourth-order valence-electron chi connectivity index (χ4n) is 1.48. The van der Waals surface area contributed by atoms with Gasteiger partial charge in [0.05, 0.1) is 12.2 Å². The zero-order chi connectivity index (χ0) is 10.6. The topological polar surface area (TPSA) is 24.9 Å². The van der Waals surface area contributed by atoms with E-state index < -0.39 is 0 Å². The highest BCUT2D eigenvalue weighted by Crippen LogP contribution is 2.06. The third-order valence-corrected chi connectivity index (χ3v) is 1.92. The molecule has 1 heterocycles. The smallest absolute Gasteiger partial charge is 0.0737 e. The van der Waals surface area contributed by atoms with Crippen molar-refractivity contribution >= 4 is 0 Å². The van der Waals surface area contributed by atoms with Crippen molar-refractivity contribution in [3.8, 4) is 0 Å². The summed E-state index contributed by atoms with van der Waals surface area (Å²) in [5.74, 6) is 0. The second-order valence-corrected chi connectivity index (χ2v) is 4.17. The maximum atomic E-state index is 5.60. The van der Waals surface area contributed by atoms with E-state index >= 15 is 0 Å². The molecule has 0 N–H and O–H groups in total. The summed E-state index contributed by atoms with van der Waals surface area (Å²) in [5, 5.41) is 4.04. The van der Waals surface area contributed by atoms with E-state index in [0.717, 1.165) is 26.2 Å². The molecule has 0 spiro atoms. The third-order valence-electron chi connectivity index (χ3n) is 1.92. The number of hydrogen-bond acceptors (Lipinski definition) is 4. The van der Waals surface area contributed by atoms with Gasteiger partial charge in [0, 0.05) is 26.2 Å². The Kier molecular flexibility index (Phi) is 4.81. The minimum Gasteiger partial charge on any atom is -0.296 e. The van der Waals surface area contributed by atoms with E-state index in [1.165, 1.54) is 0 Å². The lowest BCUT2D eigenvalue weighted by atomic mass is 10.4. The van der Waals surface area contributed by atoms with Crippen molar-refractivity contribution in [3.63, 3.8) is 0 Å². The van der Waals surface area contributed by atoms with Crippen LogP contribution in [0.1, 0.15) is 27.7 Å². The Morgan fingerprint density at radius 3 is 1.21 bits per heavy atom. The highest BCUT2D eigenvalue weighted by atomic mass is 16.7. The van der Waals surface area contributed by atoms with Gasteiger partial charge in [-0.15, -0.1) is 0 Å². The van der Waals surface area contributed by atoms with Gasteiger partial charge in [-0.2, -0.15) is 10.1 Å². The van der Waals surface area contributed by atoms with Crippen LogP contribution in [0.4, 0.5) is 0 Å². The summed E-state index contributed by atoms with van der Waals surface area (Å²) < 4.78 is 0. The molecule has 14 heavy (non-hydrogen) atoms. The summed E-state index contributed by atoms with van der Waals surface area (Å²) >= 11 is 0. The van der Waals surface area contributed by atoms with Gasteiger partial charge in [0.1, 0.15) is 0 Å². The zero-order valence-electron chi connectivity index (χ0n) is 9.69. The summed E-state index contributed by atoms with van der Waals surface area (Å²) in [7, 11) is 0. The molecule has 1 saturated heterocycles. The second kappa shape index (κ2) is 5.66. The summed E-state index contributed by atoms with van der Waals surface area (Å²) in [6.45, 7) is 11.9. The van der Waals surface area contributed by atoms with Crippen molar-refractivity contribution in [1.82, 2.24) is 10.1 Å². The van der Waals surface area contributed by atoms with Crippen molar-refractivity contribution in [1.29, 1.82) is 0 Å². The van der Waals surface area contributed by atoms with Gasteiger partial charge in [-0.1, -0.05) is 0 Å². The van der Waals surface area contributed by atoms with Gasteiger partial charge in [0.2, 0.25) is 0 Å². The molecule has 0 aromatic rings. The summed E-state index contributed by atoms with van der Waals surface area (Å²) in [5.41, 5.74) is 0. The van der Waals surface area contributed by atoms with Crippen LogP contribution in [0.15, 0.2) is 0 Å². The fourth-order valence-corrected chi connectivity index (χ4v) is 1.48. The van der Waals surface area contributed by atoms with E-state index in [1.54, 1.807) is 0 Å². The SMILES string of the molecule is CC(C)ON1CCN(OC(C)C)CC1. The van der Waals surface area contributed by atoms with Crippen LogP contribution < -0.4 is 0 Å². The molecule has 4 heteroatoms. The lowest BCUT2D eigenvalue weighted by Gasteiger charge is -2.34. The first-order valence-corrected chi connectivity index (χ1v) is 5.41. The van der Waals surface area contributed by atoms with Gasteiger partial charge >= 0.3 is 0 Å². The van der Waals surface area contributed by atoms with Crippen molar-refractivity contribution in [3.05, 3.63) is 0 Å². The Labute approximate surface area is 86.7 Å². The van der Waals surface area contributed by atoms with E-state index in [-0.39, 0.29) is 12.2 Å². The standard InChI is InChI=1S/C10H22N2O2/c1-9(2)13-11-5-7-12(8-6-11)14-10(3)4/h9-10H,5-8H2,1-4H3. The van der Waals surface area contributed by atoms with Crippen molar-refractivity contribution < 1.29 is 9.68 Å². The largest absolute Gasteiger partial charge is 0.296 e. The number of hydroxylamine groups is 4. The summed E-state index contributed by atoms with van der Waals surface area (Å²) in [6, 6.07) is 0. The minimum atomic E-state index is 0.271. The quantitative estimate of drug-likeness (QED) is 0.685. The molecule has 1 aliphatic rings. The van der Waals surface area contributed by atoms with Crippen LogP contribution in [0, 0.1) is 0 Å². The molecular formula is C10H22N2O2. The first-order valence-electron chi connectivity index (χ1n) is 5.41. The van der Waals surface area contributed by atoms with Crippen LogP contribution in [0.2, 0.25) is 0 Å². The first kappa shape index (κ1) is 11.9. The van der Waals surface area contributed by atoms with Gasteiger partial charge in [-0.25, -0.2) is 0 Å². The molecule has 0 bridgehead atoms. The van der Waals surface area contributed by atoms with E-state index in [2.05, 4.69) is 27.7 Å². The molecule has 0 aromatic heterocycles.